The van der Waals surface area contributed by atoms with Gasteiger partial charge in [0.1, 0.15) is 5.69 Å². The second kappa shape index (κ2) is 8.37. The highest BCUT2D eigenvalue weighted by atomic mass is 16.2. The highest BCUT2D eigenvalue weighted by Crippen LogP contribution is 2.13. The third-order valence-corrected chi connectivity index (χ3v) is 3.62. The first-order valence-electron chi connectivity index (χ1n) is 8.37. The Labute approximate surface area is 148 Å². The molecule has 1 aromatic carbocycles. The molecule has 1 aromatic heterocycles. The van der Waals surface area contributed by atoms with Crippen LogP contribution in [0.25, 0.3) is 0 Å². The maximum Gasteiger partial charge on any atom is 0.274 e. The van der Waals surface area contributed by atoms with Crippen molar-refractivity contribution in [3.05, 3.63) is 47.3 Å². The van der Waals surface area contributed by atoms with Gasteiger partial charge >= 0.3 is 0 Å². The van der Waals surface area contributed by atoms with Crippen LogP contribution in [0.2, 0.25) is 0 Å². The van der Waals surface area contributed by atoms with E-state index in [9.17, 15) is 9.59 Å². The molecule has 0 fully saturated rings. The molecule has 2 aromatic rings. The van der Waals surface area contributed by atoms with Crippen molar-refractivity contribution in [2.45, 2.75) is 34.1 Å². The number of aryl methyl sites for hydroxylation is 1. The number of nitrogens with one attached hydrogen (secondary N) is 2. The summed E-state index contributed by atoms with van der Waals surface area (Å²) in [5.41, 5.74) is 2.11. The Hall–Kier alpha value is -2.76. The summed E-state index contributed by atoms with van der Waals surface area (Å²) >= 11 is 0. The Kier molecular flexibility index (Phi) is 6.22. The van der Waals surface area contributed by atoms with Crippen LogP contribution in [0.1, 0.15) is 53.7 Å². The van der Waals surface area contributed by atoms with E-state index in [2.05, 4.69) is 34.4 Å². The lowest BCUT2D eigenvalue weighted by atomic mass is 10.1. The zero-order chi connectivity index (χ0) is 18.4. The van der Waals surface area contributed by atoms with Gasteiger partial charge in [-0.05, 0) is 44.4 Å². The Bertz CT molecular complexity index is 772. The van der Waals surface area contributed by atoms with E-state index in [4.69, 9.17) is 0 Å². The molecular formula is C19H24N4O2. The van der Waals surface area contributed by atoms with Crippen LogP contribution in [0.4, 0.5) is 11.6 Å². The molecular weight excluding hydrogens is 316 g/mol. The van der Waals surface area contributed by atoms with Gasteiger partial charge in [-0.2, -0.15) is 0 Å². The monoisotopic (exact) mass is 340 g/mol. The molecule has 0 radical (unpaired) electrons. The lowest BCUT2D eigenvalue weighted by Gasteiger charge is -2.10. The molecule has 0 aliphatic rings. The predicted molar refractivity (Wildman–Crippen MR) is 99.1 cm³/mol. The van der Waals surface area contributed by atoms with E-state index in [1.807, 2.05) is 6.92 Å². The van der Waals surface area contributed by atoms with Gasteiger partial charge in [0.25, 0.3) is 5.91 Å². The molecule has 6 heteroatoms. The number of rotatable bonds is 7. The lowest BCUT2D eigenvalue weighted by molar-refractivity contribution is 0.100. The summed E-state index contributed by atoms with van der Waals surface area (Å²) in [4.78, 5) is 32.5. The van der Waals surface area contributed by atoms with Crippen molar-refractivity contribution < 1.29 is 9.59 Å². The highest BCUT2D eigenvalue weighted by molar-refractivity contribution is 6.04. The van der Waals surface area contributed by atoms with Gasteiger partial charge in [0.05, 0.1) is 0 Å². The van der Waals surface area contributed by atoms with Gasteiger partial charge in [0.15, 0.2) is 5.78 Å². The minimum absolute atomic E-state index is 0.0504. The number of aromatic nitrogens is 2. The van der Waals surface area contributed by atoms with E-state index in [1.54, 1.807) is 30.3 Å². The van der Waals surface area contributed by atoms with Gasteiger partial charge in [0, 0.05) is 23.5 Å². The normalized spacial score (nSPS) is 10.6. The number of benzene rings is 1. The third kappa shape index (κ3) is 5.67. The zero-order valence-corrected chi connectivity index (χ0v) is 15.1. The van der Waals surface area contributed by atoms with Crippen molar-refractivity contribution in [1.82, 2.24) is 9.97 Å². The van der Waals surface area contributed by atoms with Gasteiger partial charge in [0.2, 0.25) is 5.95 Å². The molecule has 132 valence electrons. The molecule has 25 heavy (non-hydrogen) atoms. The predicted octanol–water partition coefficient (Wildman–Crippen LogP) is 3.70. The van der Waals surface area contributed by atoms with E-state index in [-0.39, 0.29) is 17.4 Å². The minimum Gasteiger partial charge on any atom is -0.354 e. The maximum atomic E-state index is 12.5. The molecule has 0 atom stereocenters. The number of ketones is 1. The lowest BCUT2D eigenvalue weighted by Crippen LogP contribution is -2.17. The van der Waals surface area contributed by atoms with E-state index in [1.165, 1.54) is 6.92 Å². The summed E-state index contributed by atoms with van der Waals surface area (Å²) in [5, 5.41) is 5.93. The van der Waals surface area contributed by atoms with Crippen LogP contribution in [-0.4, -0.2) is 28.2 Å². The first-order valence-corrected chi connectivity index (χ1v) is 8.37. The zero-order valence-electron chi connectivity index (χ0n) is 15.1. The number of carbonyl (C=O) groups is 2. The SMILES string of the molecule is CC(=O)c1cccc(NC(=O)c2cc(C)nc(NCCC(C)C)n2)c1. The molecule has 2 rings (SSSR count). The average molecular weight is 340 g/mol. The van der Waals surface area contributed by atoms with Gasteiger partial charge < -0.3 is 10.6 Å². The van der Waals surface area contributed by atoms with Crippen molar-refractivity contribution in [2.24, 2.45) is 5.92 Å². The molecule has 0 saturated heterocycles. The van der Waals surface area contributed by atoms with Gasteiger partial charge in [-0.3, -0.25) is 9.59 Å². The van der Waals surface area contributed by atoms with Crippen LogP contribution in [-0.2, 0) is 0 Å². The fraction of sp³-hybridized carbons (Fsp3) is 0.368. The van der Waals surface area contributed by atoms with Crippen molar-refractivity contribution >= 4 is 23.3 Å². The summed E-state index contributed by atoms with van der Waals surface area (Å²) in [6, 6.07) is 8.47. The molecule has 0 aliphatic heterocycles. The number of carbonyl (C=O) groups excluding carboxylic acids is 2. The first-order chi connectivity index (χ1) is 11.8. The van der Waals surface area contributed by atoms with Crippen LogP contribution in [0.3, 0.4) is 0 Å². The fourth-order valence-corrected chi connectivity index (χ4v) is 2.25. The topological polar surface area (TPSA) is 84.0 Å². The second-order valence-corrected chi connectivity index (χ2v) is 6.42. The van der Waals surface area contributed by atoms with Crippen molar-refractivity contribution in [2.75, 3.05) is 17.2 Å². The van der Waals surface area contributed by atoms with Crippen LogP contribution in [0.15, 0.2) is 30.3 Å². The van der Waals surface area contributed by atoms with E-state index in [0.29, 0.717) is 28.8 Å². The summed E-state index contributed by atoms with van der Waals surface area (Å²) < 4.78 is 0. The Balaban J connectivity index is 2.12. The molecule has 1 amide bonds. The van der Waals surface area contributed by atoms with Crippen molar-refractivity contribution in [3.8, 4) is 0 Å². The van der Waals surface area contributed by atoms with E-state index in [0.717, 1.165) is 13.0 Å². The van der Waals surface area contributed by atoms with Crippen LogP contribution >= 0.6 is 0 Å². The van der Waals surface area contributed by atoms with E-state index >= 15 is 0 Å². The average Bonchev–Trinajstić information content (AvgIpc) is 2.54. The van der Waals surface area contributed by atoms with Crippen LogP contribution in [0.5, 0.6) is 0 Å². The minimum atomic E-state index is -0.335. The summed E-state index contributed by atoms with van der Waals surface area (Å²) in [6.45, 7) is 8.36. The number of anilines is 2. The number of nitrogens with zero attached hydrogens (tertiary/aromatic N) is 2. The summed E-state index contributed by atoms with van der Waals surface area (Å²) in [6.07, 6.45) is 0.997. The maximum absolute atomic E-state index is 12.5. The highest BCUT2D eigenvalue weighted by Gasteiger charge is 2.12. The number of amides is 1. The molecule has 2 N–H and O–H groups in total. The summed E-state index contributed by atoms with van der Waals surface area (Å²) in [5.74, 6) is 0.639. The Morgan fingerprint density at radius 2 is 1.92 bits per heavy atom. The summed E-state index contributed by atoms with van der Waals surface area (Å²) in [7, 11) is 0. The standard InChI is InChI=1S/C19H24N4O2/c1-12(2)8-9-20-19-21-13(3)10-17(23-19)18(25)22-16-7-5-6-15(11-16)14(4)24/h5-7,10-12H,8-9H2,1-4H3,(H,22,25)(H,20,21,23). The van der Waals surface area contributed by atoms with Gasteiger partial charge in [-0.15, -0.1) is 0 Å². The number of hydrogen-bond acceptors (Lipinski definition) is 5. The van der Waals surface area contributed by atoms with Crippen LogP contribution < -0.4 is 10.6 Å². The molecule has 0 aliphatic carbocycles. The van der Waals surface area contributed by atoms with E-state index < -0.39 is 0 Å². The van der Waals surface area contributed by atoms with Crippen molar-refractivity contribution in [3.63, 3.8) is 0 Å². The number of Topliss-reactive ketones (excluding diaryl/α,β-unsaturated/α-hetero) is 1. The number of hydrogen-bond donors (Lipinski definition) is 2. The Morgan fingerprint density at radius 1 is 1.16 bits per heavy atom. The molecule has 0 unspecified atom stereocenters. The quantitative estimate of drug-likeness (QED) is 0.751. The van der Waals surface area contributed by atoms with Crippen LogP contribution in [0, 0.1) is 12.8 Å². The van der Waals surface area contributed by atoms with Crippen molar-refractivity contribution in [1.29, 1.82) is 0 Å². The fourth-order valence-electron chi connectivity index (χ4n) is 2.25. The Morgan fingerprint density at radius 3 is 2.60 bits per heavy atom. The molecule has 0 spiro atoms. The molecule has 0 saturated carbocycles. The third-order valence-electron chi connectivity index (χ3n) is 3.62. The largest absolute Gasteiger partial charge is 0.354 e. The molecule has 6 nitrogen and oxygen atoms in total. The molecule has 1 heterocycles. The van der Waals surface area contributed by atoms with Gasteiger partial charge in [-0.25, -0.2) is 9.97 Å². The first kappa shape index (κ1) is 18.6. The smallest absolute Gasteiger partial charge is 0.274 e. The second-order valence-electron chi connectivity index (χ2n) is 6.42. The van der Waals surface area contributed by atoms with Gasteiger partial charge in [-0.1, -0.05) is 26.0 Å². The molecule has 0 bridgehead atoms.